The van der Waals surface area contributed by atoms with Crippen LogP contribution in [-0.2, 0) is 6.54 Å². The van der Waals surface area contributed by atoms with E-state index < -0.39 is 0 Å². The Balaban J connectivity index is 0.00000338. The maximum Gasteiger partial charge on any atom is 0.193 e. The lowest BCUT2D eigenvalue weighted by atomic mass is 9.99. The Morgan fingerprint density at radius 2 is 2.04 bits per heavy atom. The Hall–Kier alpha value is -1.02. The highest BCUT2D eigenvalue weighted by Crippen LogP contribution is 2.16. The van der Waals surface area contributed by atoms with Gasteiger partial charge in [0.2, 0.25) is 0 Å². The van der Waals surface area contributed by atoms with Crippen molar-refractivity contribution in [2.24, 2.45) is 10.9 Å². The molecule has 0 radical (unpaired) electrons. The molecule has 0 spiro atoms. The standard InChI is InChI=1S/C20H34N4O.HI/c1-5-21-20(22-14-18-8-7-13-23(3)15-18)24(4)16-17-9-11-19(12-10-17)25-6-2;/h9-12,18H,5-8,13-16H2,1-4H3,(H,21,22);1H. The van der Waals surface area contributed by atoms with Gasteiger partial charge >= 0.3 is 0 Å². The second-order valence-electron chi connectivity index (χ2n) is 6.90. The summed E-state index contributed by atoms with van der Waals surface area (Å²) in [5.74, 6) is 2.59. The van der Waals surface area contributed by atoms with Crippen LogP contribution in [0, 0.1) is 5.92 Å². The smallest absolute Gasteiger partial charge is 0.193 e. The second kappa shape index (κ2) is 12.4. The van der Waals surface area contributed by atoms with Crippen LogP contribution in [0.4, 0.5) is 0 Å². The minimum Gasteiger partial charge on any atom is -0.494 e. The van der Waals surface area contributed by atoms with Gasteiger partial charge in [0.1, 0.15) is 5.75 Å². The van der Waals surface area contributed by atoms with Crippen LogP contribution in [0.3, 0.4) is 0 Å². The number of benzene rings is 1. The average Bonchev–Trinajstić information content (AvgIpc) is 2.60. The van der Waals surface area contributed by atoms with Crippen molar-refractivity contribution in [1.29, 1.82) is 0 Å². The van der Waals surface area contributed by atoms with E-state index in [9.17, 15) is 0 Å². The van der Waals surface area contributed by atoms with Crippen LogP contribution < -0.4 is 10.1 Å². The summed E-state index contributed by atoms with van der Waals surface area (Å²) in [5, 5.41) is 3.42. The van der Waals surface area contributed by atoms with Crippen molar-refractivity contribution in [2.75, 3.05) is 46.9 Å². The van der Waals surface area contributed by atoms with Gasteiger partial charge in [-0.3, -0.25) is 4.99 Å². The number of ether oxygens (including phenoxy) is 1. The van der Waals surface area contributed by atoms with E-state index in [1.165, 1.54) is 24.9 Å². The Bertz CT molecular complexity index is 535. The molecule has 148 valence electrons. The first-order chi connectivity index (χ1) is 12.1. The molecule has 1 aromatic carbocycles. The van der Waals surface area contributed by atoms with Gasteiger partial charge < -0.3 is 19.9 Å². The third kappa shape index (κ3) is 7.70. The zero-order valence-electron chi connectivity index (χ0n) is 16.7. The summed E-state index contributed by atoms with van der Waals surface area (Å²) in [6.45, 7) is 9.83. The number of nitrogens with one attached hydrogen (secondary N) is 1. The molecule has 0 saturated carbocycles. The van der Waals surface area contributed by atoms with Gasteiger partial charge in [-0.05, 0) is 63.9 Å². The summed E-state index contributed by atoms with van der Waals surface area (Å²) in [6.07, 6.45) is 2.57. The molecule has 1 atom stereocenters. The van der Waals surface area contributed by atoms with Gasteiger partial charge in [0.05, 0.1) is 6.61 Å². The Labute approximate surface area is 176 Å². The first-order valence-corrected chi connectivity index (χ1v) is 9.52. The predicted octanol–water partition coefficient (Wildman–Crippen LogP) is 3.44. The predicted molar refractivity (Wildman–Crippen MR) is 121 cm³/mol. The summed E-state index contributed by atoms with van der Waals surface area (Å²) < 4.78 is 5.51. The molecule has 5 nitrogen and oxygen atoms in total. The maximum atomic E-state index is 5.51. The van der Waals surface area contributed by atoms with Crippen molar-refractivity contribution in [3.05, 3.63) is 29.8 Å². The molecule has 1 saturated heterocycles. The number of guanidine groups is 1. The average molecular weight is 474 g/mol. The summed E-state index contributed by atoms with van der Waals surface area (Å²) in [4.78, 5) is 9.51. The van der Waals surface area contributed by atoms with Crippen molar-refractivity contribution in [3.8, 4) is 5.75 Å². The van der Waals surface area contributed by atoms with E-state index in [-0.39, 0.29) is 24.0 Å². The summed E-state index contributed by atoms with van der Waals surface area (Å²) in [5.41, 5.74) is 1.26. The number of rotatable bonds is 7. The number of hydrogen-bond donors (Lipinski definition) is 1. The fourth-order valence-corrected chi connectivity index (χ4v) is 3.31. The van der Waals surface area contributed by atoms with Gasteiger partial charge in [0, 0.05) is 33.2 Å². The van der Waals surface area contributed by atoms with Crippen molar-refractivity contribution in [2.45, 2.75) is 33.2 Å². The molecule has 0 bridgehead atoms. The number of likely N-dealkylation sites (tertiary alicyclic amines) is 1. The number of aliphatic imine (C=N–C) groups is 1. The quantitative estimate of drug-likeness (QED) is 0.374. The number of piperidine rings is 1. The molecule has 2 rings (SSSR count). The summed E-state index contributed by atoms with van der Waals surface area (Å²) in [7, 11) is 4.31. The van der Waals surface area contributed by atoms with Gasteiger partial charge in [-0.25, -0.2) is 0 Å². The van der Waals surface area contributed by atoms with Crippen LogP contribution in [-0.4, -0.2) is 62.6 Å². The highest BCUT2D eigenvalue weighted by Gasteiger charge is 2.17. The Morgan fingerprint density at radius 3 is 2.65 bits per heavy atom. The lowest BCUT2D eigenvalue weighted by molar-refractivity contribution is 0.214. The van der Waals surface area contributed by atoms with Gasteiger partial charge in [-0.1, -0.05) is 12.1 Å². The lowest BCUT2D eigenvalue weighted by Crippen LogP contribution is -2.39. The molecule has 1 unspecified atom stereocenters. The number of nitrogens with zero attached hydrogens (tertiary/aromatic N) is 3. The molecule has 1 fully saturated rings. The zero-order valence-corrected chi connectivity index (χ0v) is 19.0. The zero-order chi connectivity index (χ0) is 18.1. The van der Waals surface area contributed by atoms with Crippen molar-refractivity contribution in [1.82, 2.24) is 15.1 Å². The van der Waals surface area contributed by atoms with E-state index >= 15 is 0 Å². The van der Waals surface area contributed by atoms with Crippen LogP contribution in [0.5, 0.6) is 5.75 Å². The molecular weight excluding hydrogens is 439 g/mol. The molecule has 1 N–H and O–H groups in total. The molecule has 1 heterocycles. The third-order valence-corrected chi connectivity index (χ3v) is 4.57. The molecule has 1 aromatic rings. The number of halogens is 1. The van der Waals surface area contributed by atoms with Crippen LogP contribution >= 0.6 is 24.0 Å². The van der Waals surface area contributed by atoms with Gasteiger partial charge in [-0.15, -0.1) is 24.0 Å². The molecule has 0 aromatic heterocycles. The maximum absolute atomic E-state index is 5.51. The minimum atomic E-state index is 0. The van der Waals surface area contributed by atoms with E-state index in [1.54, 1.807) is 0 Å². The topological polar surface area (TPSA) is 40.1 Å². The molecule has 0 aliphatic carbocycles. The van der Waals surface area contributed by atoms with Gasteiger partial charge in [0.15, 0.2) is 5.96 Å². The van der Waals surface area contributed by atoms with E-state index in [0.29, 0.717) is 12.5 Å². The normalized spacial score (nSPS) is 18.2. The molecule has 0 amide bonds. The van der Waals surface area contributed by atoms with Crippen molar-refractivity contribution >= 4 is 29.9 Å². The van der Waals surface area contributed by atoms with E-state index in [0.717, 1.165) is 37.9 Å². The van der Waals surface area contributed by atoms with E-state index in [1.807, 2.05) is 19.1 Å². The first-order valence-electron chi connectivity index (χ1n) is 9.52. The largest absolute Gasteiger partial charge is 0.494 e. The Kier molecular flexibility index (Phi) is 11.0. The highest BCUT2D eigenvalue weighted by molar-refractivity contribution is 14.0. The first kappa shape index (κ1) is 23.0. The van der Waals surface area contributed by atoms with Crippen molar-refractivity contribution < 1.29 is 4.74 Å². The van der Waals surface area contributed by atoms with E-state index in [4.69, 9.17) is 9.73 Å². The minimum absolute atomic E-state index is 0. The fraction of sp³-hybridized carbons (Fsp3) is 0.650. The van der Waals surface area contributed by atoms with Crippen LogP contribution in [0.25, 0.3) is 0 Å². The Morgan fingerprint density at radius 1 is 1.31 bits per heavy atom. The molecule has 1 aliphatic heterocycles. The summed E-state index contributed by atoms with van der Waals surface area (Å²) >= 11 is 0. The SMILES string of the molecule is CCNC(=NCC1CCCN(C)C1)N(C)Cc1ccc(OCC)cc1.I. The van der Waals surface area contributed by atoms with Gasteiger partial charge in [0.25, 0.3) is 0 Å². The fourth-order valence-electron chi connectivity index (χ4n) is 3.31. The second-order valence-corrected chi connectivity index (χ2v) is 6.90. The molecule has 1 aliphatic rings. The van der Waals surface area contributed by atoms with Crippen molar-refractivity contribution in [3.63, 3.8) is 0 Å². The molecular formula is C20H35IN4O. The third-order valence-electron chi connectivity index (χ3n) is 4.57. The lowest BCUT2D eigenvalue weighted by Gasteiger charge is -2.29. The monoisotopic (exact) mass is 474 g/mol. The van der Waals surface area contributed by atoms with E-state index in [2.05, 4.69) is 48.3 Å². The number of hydrogen-bond acceptors (Lipinski definition) is 3. The van der Waals surface area contributed by atoms with Gasteiger partial charge in [-0.2, -0.15) is 0 Å². The van der Waals surface area contributed by atoms with Crippen LogP contribution in [0.2, 0.25) is 0 Å². The van der Waals surface area contributed by atoms with Crippen LogP contribution in [0.1, 0.15) is 32.3 Å². The van der Waals surface area contributed by atoms with Crippen LogP contribution in [0.15, 0.2) is 29.3 Å². The highest BCUT2D eigenvalue weighted by atomic mass is 127. The summed E-state index contributed by atoms with van der Waals surface area (Å²) in [6, 6.07) is 8.32. The molecule has 6 heteroatoms. The molecule has 26 heavy (non-hydrogen) atoms.